The molecule has 1 spiro atoms. The number of benzene rings is 2. The minimum atomic E-state index is -1.41. The van der Waals surface area contributed by atoms with Gasteiger partial charge in [0.25, 0.3) is 5.91 Å². The number of carbonyl (C=O) groups is 4. The number of fused-ring (bicyclic) bond motifs is 2. The predicted octanol–water partition coefficient (Wildman–Crippen LogP) is 3.26. The zero-order chi connectivity index (χ0) is 32.7. The molecule has 0 radical (unpaired) electrons. The van der Waals surface area contributed by atoms with Gasteiger partial charge in [-0.1, -0.05) is 72.8 Å². The average molecular weight is 628 g/mol. The largest absolute Gasteiger partial charge is 0.455 e. The van der Waals surface area contributed by atoms with Crippen molar-refractivity contribution in [2.45, 2.75) is 63.5 Å². The Morgan fingerprint density at radius 1 is 0.957 bits per heavy atom. The fraction of sp³-hybridized carbons (Fsp3) is 0.444. The van der Waals surface area contributed by atoms with E-state index in [1.54, 1.807) is 29.0 Å². The number of allylic oxidation sites excluding steroid dienone is 1. The smallest absolute Gasteiger partial charge is 0.313 e. The molecule has 0 aliphatic carbocycles. The van der Waals surface area contributed by atoms with Crippen LogP contribution >= 0.6 is 0 Å². The van der Waals surface area contributed by atoms with Gasteiger partial charge in [0.05, 0.1) is 24.7 Å². The van der Waals surface area contributed by atoms with Crippen molar-refractivity contribution in [1.29, 1.82) is 0 Å². The molecule has 0 aromatic heterocycles. The van der Waals surface area contributed by atoms with Crippen LogP contribution in [0.25, 0.3) is 0 Å². The highest BCUT2D eigenvalue weighted by atomic mass is 16.6. The van der Waals surface area contributed by atoms with Crippen LogP contribution in [0.4, 0.5) is 5.69 Å². The minimum absolute atomic E-state index is 0.0931. The van der Waals surface area contributed by atoms with Crippen LogP contribution in [-0.2, 0) is 28.7 Å². The standard InChI is InChI=1S/C36H41N3O7/c1-22-12-11-13-23(2)30(22)38-19-10-6-9-16-27(41)37(4)24(3)31(25-14-7-5-8-15-25)45-35(44)28-26-17-18-36(46-26)29(28)33(42)39(20-21-40)32(36)34(38)43/h5-8,10-15,17-18,24,26,28-29,31-32,40H,9,16,19-21H2,1-4H3/b10-6-/t24-,26+,28-,29-,31+,32+,36-/m0/s1. The Morgan fingerprint density at radius 2 is 1.67 bits per heavy atom. The van der Waals surface area contributed by atoms with Crippen molar-refractivity contribution >= 4 is 29.4 Å². The summed E-state index contributed by atoms with van der Waals surface area (Å²) in [7, 11) is 1.70. The third kappa shape index (κ3) is 5.13. The van der Waals surface area contributed by atoms with Crippen LogP contribution in [0.3, 0.4) is 0 Å². The summed E-state index contributed by atoms with van der Waals surface area (Å²) < 4.78 is 12.7. The van der Waals surface area contributed by atoms with E-state index in [0.29, 0.717) is 17.7 Å². The summed E-state index contributed by atoms with van der Waals surface area (Å²) in [4.78, 5) is 61.2. The third-order valence-electron chi connectivity index (χ3n) is 9.99. The number of aryl methyl sites for hydroxylation is 2. The highest BCUT2D eigenvalue weighted by molar-refractivity contribution is 6.06. The molecule has 2 aromatic rings. The Balaban J connectivity index is 1.47. The first kappa shape index (κ1) is 31.7. The molecule has 4 heterocycles. The summed E-state index contributed by atoms with van der Waals surface area (Å²) >= 11 is 0. The summed E-state index contributed by atoms with van der Waals surface area (Å²) in [5.74, 6) is -3.59. The summed E-state index contributed by atoms with van der Waals surface area (Å²) in [6, 6.07) is 13.4. The van der Waals surface area contributed by atoms with E-state index in [1.165, 1.54) is 4.90 Å². The molecular weight excluding hydrogens is 586 g/mol. The Morgan fingerprint density at radius 3 is 2.37 bits per heavy atom. The molecule has 46 heavy (non-hydrogen) atoms. The quantitative estimate of drug-likeness (QED) is 0.409. The molecule has 2 fully saturated rings. The first-order valence-corrected chi connectivity index (χ1v) is 15.9. The number of likely N-dealkylation sites (tertiary alicyclic amines) is 1. The summed E-state index contributed by atoms with van der Waals surface area (Å²) in [5.41, 5.74) is 1.78. The lowest BCUT2D eigenvalue weighted by Gasteiger charge is -2.36. The van der Waals surface area contributed by atoms with E-state index in [-0.39, 0.29) is 37.9 Å². The molecule has 7 atom stereocenters. The van der Waals surface area contributed by atoms with Crippen molar-refractivity contribution in [3.05, 3.63) is 89.5 Å². The number of aliphatic hydroxyl groups is 1. The number of likely N-dealkylation sites (N-methyl/N-ethyl adjacent to an activating group) is 1. The Bertz CT molecular complexity index is 1570. The molecule has 242 valence electrons. The van der Waals surface area contributed by atoms with E-state index in [2.05, 4.69) is 0 Å². The molecule has 0 saturated carbocycles. The van der Waals surface area contributed by atoms with Crippen molar-refractivity contribution < 1.29 is 33.8 Å². The highest BCUT2D eigenvalue weighted by Crippen LogP contribution is 2.56. The number of hydrogen-bond donors (Lipinski definition) is 1. The van der Waals surface area contributed by atoms with Gasteiger partial charge in [-0.3, -0.25) is 19.2 Å². The number of esters is 1. The molecule has 5 bridgehead atoms. The maximum atomic E-state index is 14.8. The second-order valence-corrected chi connectivity index (χ2v) is 12.7. The molecule has 0 unspecified atom stereocenters. The van der Waals surface area contributed by atoms with Crippen molar-refractivity contribution in [1.82, 2.24) is 9.80 Å². The number of anilines is 1. The molecule has 2 aromatic carbocycles. The van der Waals surface area contributed by atoms with Gasteiger partial charge in [0, 0.05) is 32.2 Å². The number of hydrogen-bond acceptors (Lipinski definition) is 7. The van der Waals surface area contributed by atoms with Gasteiger partial charge < -0.3 is 29.3 Å². The number of ether oxygens (including phenoxy) is 2. The van der Waals surface area contributed by atoms with Crippen molar-refractivity contribution in [2.75, 3.05) is 31.6 Å². The normalized spacial score (nSPS) is 32.2. The molecule has 10 nitrogen and oxygen atoms in total. The minimum Gasteiger partial charge on any atom is -0.455 e. The van der Waals surface area contributed by atoms with Gasteiger partial charge in [-0.2, -0.15) is 0 Å². The van der Waals surface area contributed by atoms with Gasteiger partial charge >= 0.3 is 5.97 Å². The maximum Gasteiger partial charge on any atom is 0.313 e. The monoisotopic (exact) mass is 627 g/mol. The van der Waals surface area contributed by atoms with Gasteiger partial charge in [-0.15, -0.1) is 0 Å². The number of rotatable bonds is 4. The van der Waals surface area contributed by atoms with Gasteiger partial charge in [0.15, 0.2) is 0 Å². The first-order valence-electron chi connectivity index (χ1n) is 15.9. The van der Waals surface area contributed by atoms with Gasteiger partial charge in [0.2, 0.25) is 11.8 Å². The van der Waals surface area contributed by atoms with E-state index in [1.807, 2.05) is 81.5 Å². The Labute approximate surface area is 269 Å². The molecule has 1 N–H and O–H groups in total. The highest BCUT2D eigenvalue weighted by Gasteiger charge is 2.73. The van der Waals surface area contributed by atoms with Crippen LogP contribution < -0.4 is 4.90 Å². The lowest BCUT2D eigenvalue weighted by molar-refractivity contribution is -0.164. The summed E-state index contributed by atoms with van der Waals surface area (Å²) in [6.07, 6.45) is 6.34. The molecular formula is C36H41N3O7. The first-order chi connectivity index (χ1) is 22.1. The van der Waals surface area contributed by atoms with Crippen LogP contribution in [0.15, 0.2) is 72.8 Å². The van der Waals surface area contributed by atoms with Crippen LogP contribution in [0, 0.1) is 25.7 Å². The molecule has 10 heteroatoms. The van der Waals surface area contributed by atoms with Gasteiger partial charge in [0.1, 0.15) is 23.7 Å². The fourth-order valence-corrected chi connectivity index (χ4v) is 7.64. The zero-order valence-corrected chi connectivity index (χ0v) is 26.7. The Hall–Kier alpha value is -4.28. The number of nitrogens with zero attached hydrogens (tertiary/aromatic N) is 3. The number of amides is 3. The Kier molecular flexibility index (Phi) is 8.60. The molecule has 2 saturated heterocycles. The van der Waals surface area contributed by atoms with Gasteiger partial charge in [-0.25, -0.2) is 0 Å². The van der Waals surface area contributed by atoms with Crippen LogP contribution in [0.1, 0.15) is 42.6 Å². The van der Waals surface area contributed by atoms with E-state index >= 15 is 0 Å². The number of β-amino-alcohol motifs (C(OH)–C–C–N with tert-alkyl or cyclic N) is 1. The zero-order valence-electron chi connectivity index (χ0n) is 26.7. The fourth-order valence-electron chi connectivity index (χ4n) is 7.64. The van der Waals surface area contributed by atoms with Crippen molar-refractivity contribution in [3.63, 3.8) is 0 Å². The van der Waals surface area contributed by atoms with E-state index in [9.17, 15) is 24.3 Å². The van der Waals surface area contributed by atoms with Crippen LogP contribution in [0.2, 0.25) is 0 Å². The number of aliphatic hydroxyl groups excluding tert-OH is 1. The average Bonchev–Trinajstić information content (AvgIpc) is 3.69. The van der Waals surface area contributed by atoms with Crippen molar-refractivity contribution in [3.8, 4) is 0 Å². The lowest BCUT2D eigenvalue weighted by Crippen LogP contribution is -2.56. The van der Waals surface area contributed by atoms with E-state index in [0.717, 1.165) is 11.1 Å². The van der Waals surface area contributed by atoms with Gasteiger partial charge in [-0.05, 0) is 43.9 Å². The SMILES string of the molecule is Cc1cccc(C)c1N1C/C=C\CCC(=O)N(C)[C@@H](C)[C@H](c2ccccc2)OC(=O)[C@@H]2[C@H]3C(=O)N(CCO)[C@H](C1=O)[C@]31C=C[C@H]2O1. The number of carbonyl (C=O) groups excluding carboxylic acids is 4. The maximum absolute atomic E-state index is 14.8. The predicted molar refractivity (Wildman–Crippen MR) is 170 cm³/mol. The van der Waals surface area contributed by atoms with E-state index in [4.69, 9.17) is 9.47 Å². The topological polar surface area (TPSA) is 117 Å². The van der Waals surface area contributed by atoms with Crippen LogP contribution in [0.5, 0.6) is 0 Å². The lowest BCUT2D eigenvalue weighted by atomic mass is 9.74. The van der Waals surface area contributed by atoms with Crippen molar-refractivity contribution in [2.24, 2.45) is 11.8 Å². The number of para-hydroxylation sites is 1. The van der Waals surface area contributed by atoms with Crippen LogP contribution in [-0.4, -0.2) is 89.1 Å². The number of cyclic esters (lactones) is 1. The molecule has 4 aliphatic heterocycles. The summed E-state index contributed by atoms with van der Waals surface area (Å²) in [6.45, 7) is 5.43. The summed E-state index contributed by atoms with van der Waals surface area (Å²) in [5, 5.41) is 10.0. The third-order valence-corrected chi connectivity index (χ3v) is 9.99. The molecule has 3 amide bonds. The van der Waals surface area contributed by atoms with E-state index < -0.39 is 53.6 Å². The second kappa shape index (κ2) is 12.5. The molecule has 6 rings (SSSR count). The molecule has 4 aliphatic rings. The second-order valence-electron chi connectivity index (χ2n) is 12.7.